The topological polar surface area (TPSA) is 43.4 Å². The zero-order chi connectivity index (χ0) is 14.2. The van der Waals surface area contributed by atoms with E-state index in [4.69, 9.17) is 9.47 Å². The van der Waals surface area contributed by atoms with Crippen LogP contribution in [0.4, 0.5) is 0 Å². The average Bonchev–Trinajstić information content (AvgIpc) is 2.90. The maximum atomic E-state index is 5.96. The first-order valence-electron chi connectivity index (χ1n) is 7.60. The molecule has 0 saturated carbocycles. The lowest BCUT2D eigenvalue weighted by Crippen LogP contribution is -2.32. The Bertz CT molecular complexity index is 370. The third-order valence-corrected chi connectivity index (χ3v) is 3.48. The number of ether oxygens (including phenoxy) is 2. The molecule has 0 spiro atoms. The largest absolute Gasteiger partial charge is 0.378 e. The second-order valence-electron chi connectivity index (χ2n) is 5.67. The summed E-state index contributed by atoms with van der Waals surface area (Å²) < 4.78 is 11.7. The molecule has 1 aliphatic rings. The van der Waals surface area contributed by atoms with Crippen molar-refractivity contribution in [2.24, 2.45) is 0 Å². The molecule has 1 fully saturated rings. The number of nitrogens with one attached hydrogen (secondary N) is 1. The van der Waals surface area contributed by atoms with E-state index in [0.29, 0.717) is 25.4 Å². The van der Waals surface area contributed by atoms with Gasteiger partial charge in [0.25, 0.3) is 0 Å². The van der Waals surface area contributed by atoms with Gasteiger partial charge in [-0.3, -0.25) is 4.98 Å². The molecule has 1 aromatic rings. The van der Waals surface area contributed by atoms with Crippen LogP contribution in [0.3, 0.4) is 0 Å². The first kappa shape index (κ1) is 15.4. The molecule has 0 amide bonds. The number of nitrogens with zero attached hydrogens (tertiary/aromatic N) is 1. The van der Waals surface area contributed by atoms with E-state index >= 15 is 0 Å². The quantitative estimate of drug-likeness (QED) is 0.740. The Morgan fingerprint density at radius 2 is 2.20 bits per heavy atom. The molecule has 2 atom stereocenters. The summed E-state index contributed by atoms with van der Waals surface area (Å²) in [6.07, 6.45) is 5.54. The van der Waals surface area contributed by atoms with E-state index < -0.39 is 0 Å². The van der Waals surface area contributed by atoms with E-state index in [1.165, 1.54) is 0 Å². The van der Waals surface area contributed by atoms with Crippen LogP contribution in [-0.4, -0.2) is 43.0 Å². The van der Waals surface area contributed by atoms with Gasteiger partial charge in [0, 0.05) is 30.9 Å². The molecule has 20 heavy (non-hydrogen) atoms. The number of aromatic nitrogens is 1. The third-order valence-electron chi connectivity index (χ3n) is 3.48. The summed E-state index contributed by atoms with van der Waals surface area (Å²) in [5, 5.41) is 3.42. The van der Waals surface area contributed by atoms with Gasteiger partial charge in [-0.2, -0.15) is 0 Å². The molecule has 4 heteroatoms. The molecule has 0 aromatic carbocycles. The SMILES string of the molecule is CC(C)NCC1CCC(COCCc2ccccn2)O1. The first-order valence-corrected chi connectivity index (χ1v) is 7.60. The standard InChI is InChI=1S/C16H26N2O2/c1-13(2)18-11-15-6-7-16(20-15)12-19-10-8-14-5-3-4-9-17-14/h3-5,9,13,15-16,18H,6-8,10-12H2,1-2H3. The summed E-state index contributed by atoms with van der Waals surface area (Å²) in [4.78, 5) is 4.28. The van der Waals surface area contributed by atoms with Crippen LogP contribution in [0.15, 0.2) is 24.4 Å². The Morgan fingerprint density at radius 1 is 1.35 bits per heavy atom. The molecule has 1 saturated heterocycles. The highest BCUT2D eigenvalue weighted by Gasteiger charge is 2.25. The van der Waals surface area contributed by atoms with Crippen LogP contribution in [0.2, 0.25) is 0 Å². The molecule has 0 radical (unpaired) electrons. The smallest absolute Gasteiger partial charge is 0.0813 e. The maximum absolute atomic E-state index is 5.96. The van der Waals surface area contributed by atoms with E-state index in [9.17, 15) is 0 Å². The van der Waals surface area contributed by atoms with Gasteiger partial charge >= 0.3 is 0 Å². The van der Waals surface area contributed by atoms with Crippen molar-refractivity contribution in [3.63, 3.8) is 0 Å². The minimum absolute atomic E-state index is 0.262. The van der Waals surface area contributed by atoms with E-state index in [1.54, 1.807) is 0 Å². The number of hydrogen-bond donors (Lipinski definition) is 1. The zero-order valence-corrected chi connectivity index (χ0v) is 12.5. The highest BCUT2D eigenvalue weighted by molar-refractivity contribution is 5.03. The summed E-state index contributed by atoms with van der Waals surface area (Å²) in [6, 6.07) is 6.49. The Labute approximate surface area is 121 Å². The fourth-order valence-electron chi connectivity index (χ4n) is 2.36. The van der Waals surface area contributed by atoms with Crippen molar-refractivity contribution in [3.05, 3.63) is 30.1 Å². The van der Waals surface area contributed by atoms with Gasteiger partial charge in [0.05, 0.1) is 25.4 Å². The summed E-state index contributed by atoms with van der Waals surface area (Å²) in [6.45, 7) is 6.68. The molecule has 1 aliphatic heterocycles. The van der Waals surface area contributed by atoms with Crippen LogP contribution in [0.25, 0.3) is 0 Å². The number of rotatable bonds is 8. The molecule has 1 aromatic heterocycles. The van der Waals surface area contributed by atoms with Crippen LogP contribution in [0.1, 0.15) is 32.4 Å². The molecule has 2 unspecified atom stereocenters. The van der Waals surface area contributed by atoms with Gasteiger partial charge in [-0.25, -0.2) is 0 Å². The lowest BCUT2D eigenvalue weighted by molar-refractivity contribution is -0.0141. The molecule has 1 N–H and O–H groups in total. The maximum Gasteiger partial charge on any atom is 0.0813 e. The van der Waals surface area contributed by atoms with Crippen molar-refractivity contribution >= 4 is 0 Å². The molecule has 0 bridgehead atoms. The Balaban J connectivity index is 1.54. The minimum Gasteiger partial charge on any atom is -0.378 e. The van der Waals surface area contributed by atoms with Gasteiger partial charge in [0.15, 0.2) is 0 Å². The summed E-state index contributed by atoms with van der Waals surface area (Å²) in [5.41, 5.74) is 1.08. The average molecular weight is 278 g/mol. The number of hydrogen-bond acceptors (Lipinski definition) is 4. The van der Waals surface area contributed by atoms with Crippen molar-refractivity contribution in [2.75, 3.05) is 19.8 Å². The van der Waals surface area contributed by atoms with Gasteiger partial charge < -0.3 is 14.8 Å². The van der Waals surface area contributed by atoms with Gasteiger partial charge in [0.2, 0.25) is 0 Å². The van der Waals surface area contributed by atoms with Gasteiger partial charge in [-0.15, -0.1) is 0 Å². The fourth-order valence-corrected chi connectivity index (χ4v) is 2.36. The summed E-state index contributed by atoms with van der Waals surface area (Å²) in [5.74, 6) is 0. The Morgan fingerprint density at radius 3 is 2.95 bits per heavy atom. The normalized spacial score (nSPS) is 22.6. The molecule has 4 nitrogen and oxygen atoms in total. The lowest BCUT2D eigenvalue weighted by atomic mass is 10.2. The van der Waals surface area contributed by atoms with Crippen LogP contribution >= 0.6 is 0 Å². The Hall–Kier alpha value is -0.970. The van der Waals surface area contributed by atoms with E-state index in [2.05, 4.69) is 24.1 Å². The van der Waals surface area contributed by atoms with Crippen molar-refractivity contribution < 1.29 is 9.47 Å². The van der Waals surface area contributed by atoms with E-state index in [-0.39, 0.29) is 6.10 Å². The predicted molar refractivity (Wildman–Crippen MR) is 79.8 cm³/mol. The van der Waals surface area contributed by atoms with Crippen LogP contribution in [-0.2, 0) is 15.9 Å². The van der Waals surface area contributed by atoms with Crippen LogP contribution in [0, 0.1) is 0 Å². The molecule has 0 aliphatic carbocycles. The van der Waals surface area contributed by atoms with Crippen molar-refractivity contribution in [1.82, 2.24) is 10.3 Å². The summed E-state index contributed by atoms with van der Waals surface area (Å²) >= 11 is 0. The second-order valence-corrected chi connectivity index (χ2v) is 5.67. The highest BCUT2D eigenvalue weighted by atomic mass is 16.5. The highest BCUT2D eigenvalue weighted by Crippen LogP contribution is 2.19. The molecule has 112 valence electrons. The van der Waals surface area contributed by atoms with E-state index in [0.717, 1.165) is 31.5 Å². The molecular weight excluding hydrogens is 252 g/mol. The van der Waals surface area contributed by atoms with Gasteiger partial charge in [0.1, 0.15) is 0 Å². The molecular formula is C16H26N2O2. The summed E-state index contributed by atoms with van der Waals surface area (Å²) in [7, 11) is 0. The fraction of sp³-hybridized carbons (Fsp3) is 0.688. The Kier molecular flexibility index (Phi) is 6.43. The van der Waals surface area contributed by atoms with Crippen molar-refractivity contribution in [3.8, 4) is 0 Å². The van der Waals surface area contributed by atoms with Gasteiger partial charge in [-0.05, 0) is 25.0 Å². The lowest BCUT2D eigenvalue weighted by Gasteiger charge is -2.16. The predicted octanol–water partition coefficient (Wildman–Crippen LogP) is 2.19. The number of pyridine rings is 1. The van der Waals surface area contributed by atoms with Crippen LogP contribution < -0.4 is 5.32 Å². The van der Waals surface area contributed by atoms with Crippen LogP contribution in [0.5, 0.6) is 0 Å². The first-order chi connectivity index (χ1) is 9.74. The third kappa shape index (κ3) is 5.57. The van der Waals surface area contributed by atoms with Crippen molar-refractivity contribution in [1.29, 1.82) is 0 Å². The minimum atomic E-state index is 0.262. The van der Waals surface area contributed by atoms with E-state index in [1.807, 2.05) is 24.4 Å². The monoisotopic (exact) mass is 278 g/mol. The molecule has 2 rings (SSSR count). The molecule has 2 heterocycles. The second kappa shape index (κ2) is 8.35. The van der Waals surface area contributed by atoms with Crippen molar-refractivity contribution in [2.45, 2.75) is 51.4 Å². The van der Waals surface area contributed by atoms with Gasteiger partial charge in [-0.1, -0.05) is 19.9 Å². The zero-order valence-electron chi connectivity index (χ0n) is 12.5.